The average Bonchev–Trinajstić information content (AvgIpc) is 2.30. The molecule has 3 aliphatic heterocycles. The topological polar surface area (TPSA) is 26.6 Å². The summed E-state index contributed by atoms with van der Waals surface area (Å²) in [5, 5.41) is 0.506. The molecule has 1 aromatic rings. The molecular weight excluding hydrogens is 259 g/mol. The van der Waals surface area contributed by atoms with E-state index in [1.165, 1.54) is 25.9 Å². The number of aromatic nitrogens is 1. The van der Waals surface area contributed by atoms with Crippen LogP contribution in [0.4, 0.5) is 0 Å². The third-order valence-electron chi connectivity index (χ3n) is 3.71. The molecule has 5 heteroatoms. The van der Waals surface area contributed by atoms with E-state index >= 15 is 0 Å². The lowest BCUT2D eigenvalue weighted by Gasteiger charge is -2.41. The second-order valence-corrected chi connectivity index (χ2v) is 5.13. The third-order valence-corrected chi connectivity index (χ3v) is 3.93. The van der Waals surface area contributed by atoms with E-state index in [1.54, 1.807) is 11.0 Å². The Morgan fingerprint density at radius 3 is 2.65 bits per heavy atom. The Labute approximate surface area is 113 Å². The van der Waals surface area contributed by atoms with Crippen LogP contribution >= 0.6 is 11.6 Å². The monoisotopic (exact) mass is 274 g/mol. The lowest BCUT2D eigenvalue weighted by Crippen LogP contribution is -3.16. The van der Waals surface area contributed by atoms with Gasteiger partial charge in [-0.3, -0.25) is 0 Å². The van der Waals surface area contributed by atoms with E-state index in [-0.39, 0.29) is 12.4 Å². The van der Waals surface area contributed by atoms with Crippen molar-refractivity contribution in [2.45, 2.75) is 18.9 Å². The second-order valence-electron chi connectivity index (χ2n) is 4.75. The van der Waals surface area contributed by atoms with Gasteiger partial charge in [-0.05, 0) is 6.07 Å². The Kier molecular flexibility index (Phi) is 4.13. The van der Waals surface area contributed by atoms with Crippen LogP contribution in [-0.4, -0.2) is 30.7 Å². The van der Waals surface area contributed by atoms with Crippen LogP contribution in [0.25, 0.3) is 0 Å². The van der Waals surface area contributed by atoms with Crippen LogP contribution in [0.2, 0.25) is 5.15 Å². The molecule has 3 aliphatic rings. The van der Waals surface area contributed by atoms with Gasteiger partial charge in [-0.15, -0.1) is 0 Å². The van der Waals surface area contributed by atoms with Crippen LogP contribution < -0.4 is 22.0 Å². The smallest absolute Gasteiger partial charge is 0.215 e. The summed E-state index contributed by atoms with van der Waals surface area (Å²) < 4.78 is 5.95. The summed E-state index contributed by atoms with van der Waals surface area (Å²) in [4.78, 5) is 5.86. The van der Waals surface area contributed by atoms with E-state index < -0.39 is 0 Å². The molecule has 4 rings (SSSR count). The first-order valence-electron chi connectivity index (χ1n) is 5.94. The fourth-order valence-corrected chi connectivity index (χ4v) is 2.98. The van der Waals surface area contributed by atoms with Gasteiger partial charge >= 0.3 is 0 Å². The summed E-state index contributed by atoms with van der Waals surface area (Å²) in [5.74, 6) is 1.39. The fourth-order valence-electron chi connectivity index (χ4n) is 2.82. The maximum atomic E-state index is 5.95. The molecule has 0 saturated carbocycles. The maximum Gasteiger partial charge on any atom is 0.215 e. The number of piperidine rings is 3. The minimum Gasteiger partial charge on any atom is -1.00 e. The van der Waals surface area contributed by atoms with Gasteiger partial charge in [0.25, 0.3) is 0 Å². The number of ether oxygens (including phenoxy) is 1. The molecule has 0 radical (unpaired) electrons. The molecule has 2 bridgehead atoms. The summed E-state index contributed by atoms with van der Waals surface area (Å²) in [6, 6.07) is 5.55. The Morgan fingerprint density at radius 1 is 1.29 bits per heavy atom. The van der Waals surface area contributed by atoms with Gasteiger partial charge in [-0.1, -0.05) is 17.7 Å². The predicted molar refractivity (Wildman–Crippen MR) is 62.0 cm³/mol. The molecule has 1 aromatic heterocycles. The highest BCUT2D eigenvalue weighted by Gasteiger charge is 2.38. The largest absolute Gasteiger partial charge is 1.00 e. The third kappa shape index (κ3) is 2.84. The zero-order valence-electron chi connectivity index (χ0n) is 9.53. The number of quaternary nitrogens is 1. The van der Waals surface area contributed by atoms with Crippen LogP contribution in [0.15, 0.2) is 18.2 Å². The van der Waals surface area contributed by atoms with E-state index in [4.69, 9.17) is 16.3 Å². The number of hydrogen-bond acceptors (Lipinski definition) is 2. The SMILES string of the molecule is Clc1cccc(OC2C[NH+]3CCC2CC3)n1.[Cl-]. The van der Waals surface area contributed by atoms with Gasteiger partial charge in [0.15, 0.2) is 6.10 Å². The molecule has 3 fully saturated rings. The van der Waals surface area contributed by atoms with Crippen LogP contribution in [-0.2, 0) is 0 Å². The second kappa shape index (κ2) is 5.42. The number of nitrogens with zero attached hydrogens (tertiary/aromatic N) is 1. The van der Waals surface area contributed by atoms with Crippen molar-refractivity contribution in [1.29, 1.82) is 0 Å². The number of nitrogens with one attached hydrogen (secondary N) is 1. The van der Waals surface area contributed by atoms with Gasteiger partial charge in [-0.25, -0.2) is 4.98 Å². The lowest BCUT2D eigenvalue weighted by molar-refractivity contribution is -0.920. The van der Waals surface area contributed by atoms with E-state index in [0.717, 1.165) is 12.5 Å². The molecule has 0 spiro atoms. The van der Waals surface area contributed by atoms with Crippen molar-refractivity contribution in [2.75, 3.05) is 19.6 Å². The van der Waals surface area contributed by atoms with E-state index in [1.807, 2.05) is 12.1 Å². The summed E-state index contributed by atoms with van der Waals surface area (Å²) >= 11 is 5.85. The van der Waals surface area contributed by atoms with Crippen molar-refractivity contribution in [2.24, 2.45) is 5.92 Å². The molecule has 0 aliphatic carbocycles. The van der Waals surface area contributed by atoms with E-state index in [0.29, 0.717) is 17.1 Å². The minimum absolute atomic E-state index is 0. The van der Waals surface area contributed by atoms with Gasteiger partial charge in [0.1, 0.15) is 11.7 Å². The van der Waals surface area contributed by atoms with Crippen molar-refractivity contribution in [1.82, 2.24) is 4.98 Å². The van der Waals surface area contributed by atoms with Gasteiger partial charge < -0.3 is 22.0 Å². The van der Waals surface area contributed by atoms with Crippen molar-refractivity contribution in [3.8, 4) is 5.88 Å². The molecule has 1 atom stereocenters. The lowest BCUT2D eigenvalue weighted by atomic mass is 9.86. The van der Waals surface area contributed by atoms with Crippen LogP contribution in [0, 0.1) is 5.92 Å². The molecule has 0 amide bonds. The van der Waals surface area contributed by atoms with Gasteiger partial charge in [0.2, 0.25) is 5.88 Å². The minimum atomic E-state index is 0. The molecular formula is C12H16Cl2N2O. The Hall–Kier alpha value is -0.510. The van der Waals surface area contributed by atoms with Crippen molar-refractivity contribution in [3.05, 3.63) is 23.4 Å². The molecule has 17 heavy (non-hydrogen) atoms. The van der Waals surface area contributed by atoms with Crippen molar-refractivity contribution in [3.63, 3.8) is 0 Å². The number of hydrogen-bond donors (Lipinski definition) is 1. The van der Waals surface area contributed by atoms with Gasteiger partial charge in [-0.2, -0.15) is 0 Å². The summed E-state index contributed by atoms with van der Waals surface area (Å²) in [6.07, 6.45) is 2.92. The zero-order valence-corrected chi connectivity index (χ0v) is 11.0. The Morgan fingerprint density at radius 2 is 2.06 bits per heavy atom. The molecule has 3 nitrogen and oxygen atoms in total. The van der Waals surface area contributed by atoms with Crippen LogP contribution in [0.1, 0.15) is 12.8 Å². The Bertz CT molecular complexity index is 381. The maximum absolute atomic E-state index is 5.95. The first kappa shape index (κ1) is 12.9. The van der Waals surface area contributed by atoms with Gasteiger partial charge in [0.05, 0.1) is 13.1 Å². The Balaban J connectivity index is 0.00000108. The highest BCUT2D eigenvalue weighted by Crippen LogP contribution is 2.23. The van der Waals surface area contributed by atoms with Crippen LogP contribution in [0.3, 0.4) is 0 Å². The normalized spacial score (nSPS) is 30.8. The number of pyridine rings is 1. The summed E-state index contributed by atoms with van der Waals surface area (Å²) in [5.41, 5.74) is 0. The first-order chi connectivity index (χ1) is 7.81. The van der Waals surface area contributed by atoms with Gasteiger partial charge in [0, 0.05) is 24.8 Å². The number of rotatable bonds is 2. The predicted octanol–water partition coefficient (Wildman–Crippen LogP) is -2.21. The van der Waals surface area contributed by atoms with Crippen molar-refractivity contribution < 1.29 is 22.0 Å². The quantitative estimate of drug-likeness (QED) is 0.620. The highest BCUT2D eigenvalue weighted by molar-refractivity contribution is 6.29. The molecule has 4 heterocycles. The molecule has 1 unspecified atom stereocenters. The first-order valence-corrected chi connectivity index (χ1v) is 6.32. The molecule has 3 saturated heterocycles. The molecule has 94 valence electrons. The fraction of sp³-hybridized carbons (Fsp3) is 0.583. The summed E-state index contributed by atoms with van der Waals surface area (Å²) in [7, 11) is 0. The van der Waals surface area contributed by atoms with Crippen LogP contribution in [0.5, 0.6) is 5.88 Å². The standard InChI is InChI=1S/C12H15ClN2O.ClH/c13-11-2-1-3-12(14-11)16-10-8-15-6-4-9(10)5-7-15;/h1-3,9-10H,4-8H2;1H. The highest BCUT2D eigenvalue weighted by atomic mass is 35.5. The molecule has 1 N–H and O–H groups in total. The van der Waals surface area contributed by atoms with E-state index in [2.05, 4.69) is 4.98 Å². The number of halogens is 2. The summed E-state index contributed by atoms with van der Waals surface area (Å²) in [6.45, 7) is 3.75. The van der Waals surface area contributed by atoms with E-state index in [9.17, 15) is 0 Å². The number of fused-ring (bicyclic) bond motifs is 3. The van der Waals surface area contributed by atoms with Crippen molar-refractivity contribution >= 4 is 11.6 Å². The average molecular weight is 275 g/mol. The molecule has 0 aromatic carbocycles. The zero-order chi connectivity index (χ0) is 11.0.